The van der Waals surface area contributed by atoms with Crippen molar-refractivity contribution >= 4 is 22.6 Å². The fourth-order valence-electron chi connectivity index (χ4n) is 2.94. The molecule has 1 aliphatic rings. The molecule has 0 bridgehead atoms. The van der Waals surface area contributed by atoms with Gasteiger partial charge in [-0.25, -0.2) is 9.97 Å². The molecule has 2 aromatic heterocycles. The van der Waals surface area contributed by atoms with Crippen LogP contribution in [0.1, 0.15) is 19.4 Å². The lowest BCUT2D eigenvalue weighted by Crippen LogP contribution is -2.21. The van der Waals surface area contributed by atoms with Crippen LogP contribution in [0.25, 0.3) is 11.0 Å². The van der Waals surface area contributed by atoms with Crippen molar-refractivity contribution < 1.29 is 5.11 Å². The number of aryl methyl sites for hydroxylation is 1. The molecule has 3 rings (SSSR count). The number of likely N-dealkylation sites (tertiary alicyclic amines) is 1. The summed E-state index contributed by atoms with van der Waals surface area (Å²) in [6.07, 6.45) is 3.38. The maximum Gasteiger partial charge on any atom is 0.156 e. The summed E-state index contributed by atoms with van der Waals surface area (Å²) in [5, 5.41) is 10.4. The molecule has 1 fully saturated rings. The molecule has 5 nitrogen and oxygen atoms in total. The van der Waals surface area contributed by atoms with Crippen LogP contribution in [-0.4, -0.2) is 43.7 Å². The van der Waals surface area contributed by atoms with Crippen LogP contribution in [0.3, 0.4) is 0 Å². The first-order valence-corrected chi connectivity index (χ1v) is 7.36. The fourth-order valence-corrected chi connectivity index (χ4v) is 3.19. The van der Waals surface area contributed by atoms with Gasteiger partial charge in [-0.15, -0.1) is 0 Å². The van der Waals surface area contributed by atoms with Gasteiger partial charge in [0, 0.05) is 37.9 Å². The predicted molar refractivity (Wildman–Crippen MR) is 78.7 cm³/mol. The number of β-amino-alcohol motifs (C(OH)–C–C–N with tert-alkyl or cyclic N) is 1. The van der Waals surface area contributed by atoms with Crippen molar-refractivity contribution in [3.8, 4) is 0 Å². The zero-order valence-corrected chi connectivity index (χ0v) is 12.5. The average molecular weight is 295 g/mol. The summed E-state index contributed by atoms with van der Waals surface area (Å²) in [5.41, 5.74) is 2.97. The zero-order chi connectivity index (χ0) is 14.3. The minimum Gasteiger partial charge on any atom is -0.391 e. The van der Waals surface area contributed by atoms with Crippen molar-refractivity contribution in [3.63, 3.8) is 0 Å². The van der Waals surface area contributed by atoms with E-state index in [1.807, 2.05) is 0 Å². The van der Waals surface area contributed by atoms with E-state index in [0.29, 0.717) is 11.1 Å². The lowest BCUT2D eigenvalue weighted by Gasteiger charge is -2.13. The first-order chi connectivity index (χ1) is 9.60. The first kappa shape index (κ1) is 13.8. The van der Waals surface area contributed by atoms with Crippen molar-refractivity contribution in [2.75, 3.05) is 13.1 Å². The number of hydrogen-bond donors (Lipinski definition) is 1. The third-order valence-corrected chi connectivity index (χ3v) is 4.34. The molecule has 0 unspecified atom stereocenters. The second-order valence-corrected chi connectivity index (χ2v) is 5.90. The van der Waals surface area contributed by atoms with Crippen LogP contribution in [0.5, 0.6) is 0 Å². The van der Waals surface area contributed by atoms with Gasteiger partial charge in [0.05, 0.1) is 11.6 Å². The number of nitrogens with zero attached hydrogens (tertiary/aromatic N) is 4. The van der Waals surface area contributed by atoms with Gasteiger partial charge in [-0.3, -0.25) is 4.90 Å². The minimum atomic E-state index is -0.229. The molecular formula is C14H19ClN4O. The van der Waals surface area contributed by atoms with Crippen LogP contribution in [-0.2, 0) is 13.1 Å². The number of aliphatic hydroxyl groups is 1. The molecule has 1 aliphatic heterocycles. The highest BCUT2D eigenvalue weighted by atomic mass is 35.5. The van der Waals surface area contributed by atoms with Gasteiger partial charge in [0.2, 0.25) is 0 Å². The van der Waals surface area contributed by atoms with Crippen molar-refractivity contribution in [1.82, 2.24) is 19.4 Å². The van der Waals surface area contributed by atoms with Crippen LogP contribution in [0.2, 0.25) is 5.15 Å². The number of aromatic nitrogens is 3. The number of rotatable bonds is 3. The van der Waals surface area contributed by atoms with E-state index in [-0.39, 0.29) is 6.10 Å². The molecule has 0 amide bonds. The molecule has 0 radical (unpaired) electrons. The Bertz CT molecular complexity index is 617. The van der Waals surface area contributed by atoms with Crippen LogP contribution < -0.4 is 0 Å². The molecule has 3 heterocycles. The Morgan fingerprint density at radius 2 is 2.20 bits per heavy atom. The van der Waals surface area contributed by atoms with E-state index < -0.39 is 0 Å². The Hall–Kier alpha value is -1.17. The Morgan fingerprint density at radius 3 is 2.85 bits per heavy atom. The van der Waals surface area contributed by atoms with Gasteiger partial charge in [0.25, 0.3) is 0 Å². The standard InChI is InChI=1S/C14H19ClN4O/c1-3-19-6-10(5-18-4-9(2)11(20)7-18)12-13(19)14(15)17-8-16-12/h6,8-9,11,20H,3-5,7H2,1-2H3/t9-,11-/m0/s1. The number of aliphatic hydroxyl groups excluding tert-OH is 1. The Kier molecular flexibility index (Phi) is 3.67. The first-order valence-electron chi connectivity index (χ1n) is 6.98. The third kappa shape index (κ3) is 2.30. The molecule has 0 saturated carbocycles. The minimum absolute atomic E-state index is 0.229. The summed E-state index contributed by atoms with van der Waals surface area (Å²) >= 11 is 6.19. The quantitative estimate of drug-likeness (QED) is 0.879. The van der Waals surface area contributed by atoms with E-state index in [1.54, 1.807) is 0 Å². The Balaban J connectivity index is 1.94. The largest absolute Gasteiger partial charge is 0.391 e. The van der Waals surface area contributed by atoms with Gasteiger partial charge in [0.15, 0.2) is 5.15 Å². The van der Waals surface area contributed by atoms with Gasteiger partial charge in [0.1, 0.15) is 11.8 Å². The van der Waals surface area contributed by atoms with Gasteiger partial charge < -0.3 is 9.67 Å². The molecule has 2 atom stereocenters. The van der Waals surface area contributed by atoms with Crippen molar-refractivity contribution in [2.24, 2.45) is 5.92 Å². The molecule has 0 spiro atoms. The maximum atomic E-state index is 9.86. The highest BCUT2D eigenvalue weighted by molar-refractivity contribution is 6.33. The molecule has 2 aromatic rings. The van der Waals surface area contributed by atoms with Crippen LogP contribution in [0.15, 0.2) is 12.5 Å². The summed E-state index contributed by atoms with van der Waals surface area (Å²) in [5.74, 6) is 0.327. The van der Waals surface area contributed by atoms with E-state index in [0.717, 1.165) is 42.8 Å². The second kappa shape index (κ2) is 5.31. The monoisotopic (exact) mass is 294 g/mol. The third-order valence-electron chi connectivity index (χ3n) is 4.06. The molecule has 1 N–H and O–H groups in total. The van der Waals surface area contributed by atoms with Crippen LogP contribution >= 0.6 is 11.6 Å². The second-order valence-electron chi connectivity index (χ2n) is 5.54. The SMILES string of the molecule is CCn1cc(CN2C[C@H](C)[C@@H](O)C2)c2ncnc(Cl)c21. The smallest absolute Gasteiger partial charge is 0.156 e. The summed E-state index contributed by atoms with van der Waals surface area (Å²) in [4.78, 5) is 10.7. The zero-order valence-electron chi connectivity index (χ0n) is 11.8. The van der Waals surface area contributed by atoms with E-state index in [9.17, 15) is 5.11 Å². The van der Waals surface area contributed by atoms with Gasteiger partial charge in [-0.1, -0.05) is 18.5 Å². The molecule has 20 heavy (non-hydrogen) atoms. The number of halogens is 1. The van der Waals surface area contributed by atoms with Crippen molar-refractivity contribution in [2.45, 2.75) is 33.0 Å². The maximum absolute atomic E-state index is 9.86. The summed E-state index contributed by atoms with van der Waals surface area (Å²) in [7, 11) is 0. The van der Waals surface area contributed by atoms with E-state index in [1.165, 1.54) is 6.33 Å². The predicted octanol–water partition coefficient (Wildman–Crippen LogP) is 1.92. The summed E-state index contributed by atoms with van der Waals surface area (Å²) in [6, 6.07) is 0. The molecule has 1 saturated heterocycles. The van der Waals surface area contributed by atoms with E-state index in [2.05, 4.69) is 39.5 Å². The highest BCUT2D eigenvalue weighted by Crippen LogP contribution is 2.27. The molecule has 6 heteroatoms. The van der Waals surface area contributed by atoms with Crippen LogP contribution in [0, 0.1) is 5.92 Å². The van der Waals surface area contributed by atoms with E-state index >= 15 is 0 Å². The lowest BCUT2D eigenvalue weighted by molar-refractivity contribution is 0.147. The molecular weight excluding hydrogens is 276 g/mol. The Labute approximate surface area is 123 Å². The van der Waals surface area contributed by atoms with E-state index in [4.69, 9.17) is 11.6 Å². The van der Waals surface area contributed by atoms with Crippen LogP contribution in [0.4, 0.5) is 0 Å². The highest BCUT2D eigenvalue weighted by Gasteiger charge is 2.28. The molecule has 108 valence electrons. The Morgan fingerprint density at radius 1 is 1.40 bits per heavy atom. The van der Waals surface area contributed by atoms with Gasteiger partial charge in [-0.05, 0) is 12.8 Å². The number of fused-ring (bicyclic) bond motifs is 1. The van der Waals surface area contributed by atoms with Gasteiger partial charge in [-0.2, -0.15) is 0 Å². The summed E-state index contributed by atoms with van der Waals surface area (Å²) in [6.45, 7) is 7.42. The molecule has 0 aromatic carbocycles. The summed E-state index contributed by atoms with van der Waals surface area (Å²) < 4.78 is 2.09. The average Bonchev–Trinajstić information content (AvgIpc) is 2.92. The lowest BCUT2D eigenvalue weighted by atomic mass is 10.1. The van der Waals surface area contributed by atoms with Crippen molar-refractivity contribution in [1.29, 1.82) is 0 Å². The number of hydrogen-bond acceptors (Lipinski definition) is 4. The normalized spacial score (nSPS) is 23.8. The topological polar surface area (TPSA) is 54.2 Å². The molecule has 0 aliphatic carbocycles. The van der Waals surface area contributed by atoms with Gasteiger partial charge >= 0.3 is 0 Å². The van der Waals surface area contributed by atoms with Crippen molar-refractivity contribution in [3.05, 3.63) is 23.2 Å². The fraction of sp³-hybridized carbons (Fsp3) is 0.571.